The molecule has 0 saturated carbocycles. The second-order valence-electron chi connectivity index (χ2n) is 7.88. The molecule has 2 heterocycles. The molecule has 0 unspecified atom stereocenters. The minimum Gasteiger partial charge on any atom is -0.456 e. The summed E-state index contributed by atoms with van der Waals surface area (Å²) in [5.74, 6) is -0.812. The van der Waals surface area contributed by atoms with Crippen molar-refractivity contribution in [3.63, 3.8) is 0 Å². The van der Waals surface area contributed by atoms with Crippen LogP contribution in [0.25, 0.3) is 11.0 Å². The van der Waals surface area contributed by atoms with Crippen LogP contribution >= 0.6 is 0 Å². The van der Waals surface area contributed by atoms with Crippen LogP contribution in [-0.4, -0.2) is 45.1 Å². The van der Waals surface area contributed by atoms with Gasteiger partial charge >= 0.3 is 11.7 Å². The second kappa shape index (κ2) is 10.1. The number of nitrogens with zero attached hydrogens (tertiary/aromatic N) is 3. The minimum absolute atomic E-state index is 0.0154. The van der Waals surface area contributed by atoms with Gasteiger partial charge in [-0.15, -0.1) is 0 Å². The van der Waals surface area contributed by atoms with E-state index in [2.05, 4.69) is 15.0 Å². The number of aromatic amines is 2. The van der Waals surface area contributed by atoms with Gasteiger partial charge in [0.15, 0.2) is 12.3 Å². The highest BCUT2D eigenvalue weighted by Gasteiger charge is 2.22. The number of rotatable bonds is 8. The number of nitrogens with one attached hydrogen (secondary N) is 2. The lowest BCUT2D eigenvalue weighted by Gasteiger charge is -2.20. The van der Waals surface area contributed by atoms with Crippen LogP contribution in [0.2, 0.25) is 0 Å². The molecule has 0 fully saturated rings. The molecule has 0 aliphatic rings. The standard InChI is InChI=1S/C24H24N6O5/c1-29(21-22(25)30(24(34)28-23(21)33)13-15-7-3-2-4-8-15)19(31)14-35-20(32)12-11-18-26-16-9-5-6-10-17(16)27-18/h2-10H,11-14,25H2,1H3,(H,26,27)(H,28,33,34). The Balaban J connectivity index is 1.39. The molecular weight excluding hydrogens is 452 g/mol. The number of esters is 1. The van der Waals surface area contributed by atoms with E-state index in [0.29, 0.717) is 12.2 Å². The van der Waals surface area contributed by atoms with Gasteiger partial charge in [0.05, 0.1) is 24.0 Å². The summed E-state index contributed by atoms with van der Waals surface area (Å²) >= 11 is 0. The van der Waals surface area contributed by atoms with Crippen LogP contribution in [0.1, 0.15) is 17.8 Å². The number of fused-ring (bicyclic) bond motifs is 1. The van der Waals surface area contributed by atoms with Crippen molar-refractivity contribution in [2.45, 2.75) is 19.4 Å². The van der Waals surface area contributed by atoms with E-state index in [-0.39, 0.29) is 24.5 Å². The number of H-pyrrole nitrogens is 2. The van der Waals surface area contributed by atoms with Crippen molar-refractivity contribution < 1.29 is 14.3 Å². The first-order valence-electron chi connectivity index (χ1n) is 10.9. The van der Waals surface area contributed by atoms with Gasteiger partial charge < -0.3 is 20.4 Å². The molecule has 0 radical (unpaired) electrons. The van der Waals surface area contributed by atoms with Gasteiger partial charge in [0.25, 0.3) is 11.5 Å². The van der Waals surface area contributed by atoms with Crippen molar-refractivity contribution in [1.82, 2.24) is 19.5 Å². The molecular formula is C24H24N6O5. The van der Waals surface area contributed by atoms with E-state index >= 15 is 0 Å². The quantitative estimate of drug-likeness (QED) is 0.322. The van der Waals surface area contributed by atoms with Crippen molar-refractivity contribution in [2.75, 3.05) is 24.3 Å². The van der Waals surface area contributed by atoms with Crippen LogP contribution < -0.4 is 21.9 Å². The molecule has 1 amide bonds. The molecule has 4 aromatic rings. The molecule has 0 aliphatic carbocycles. The van der Waals surface area contributed by atoms with E-state index in [0.717, 1.165) is 26.1 Å². The highest BCUT2D eigenvalue weighted by molar-refractivity contribution is 5.96. The zero-order valence-electron chi connectivity index (χ0n) is 19.0. The summed E-state index contributed by atoms with van der Waals surface area (Å²) in [6.45, 7) is -0.486. The zero-order valence-corrected chi connectivity index (χ0v) is 19.0. The monoisotopic (exact) mass is 476 g/mol. The van der Waals surface area contributed by atoms with E-state index in [1.807, 2.05) is 30.3 Å². The zero-order chi connectivity index (χ0) is 24.9. The fraction of sp³-hybridized carbons (Fsp3) is 0.208. The number of hydrogen-bond donors (Lipinski definition) is 3. The van der Waals surface area contributed by atoms with Crippen molar-refractivity contribution in [3.8, 4) is 0 Å². The maximum atomic E-state index is 12.6. The number of anilines is 2. The summed E-state index contributed by atoms with van der Waals surface area (Å²) in [7, 11) is 1.32. The Kier molecular flexibility index (Phi) is 6.76. The van der Waals surface area contributed by atoms with Gasteiger partial charge in [-0.05, 0) is 17.7 Å². The number of aryl methyl sites for hydroxylation is 1. The van der Waals surface area contributed by atoms with Gasteiger partial charge in [0.1, 0.15) is 11.6 Å². The van der Waals surface area contributed by atoms with Crippen LogP contribution in [0.3, 0.4) is 0 Å². The van der Waals surface area contributed by atoms with Crippen molar-refractivity contribution in [1.29, 1.82) is 0 Å². The van der Waals surface area contributed by atoms with Crippen LogP contribution in [0, 0.1) is 0 Å². The fourth-order valence-corrected chi connectivity index (χ4v) is 3.60. The van der Waals surface area contributed by atoms with Gasteiger partial charge in [-0.3, -0.25) is 23.9 Å². The second-order valence-corrected chi connectivity index (χ2v) is 7.88. The Morgan fingerprint density at radius 2 is 1.77 bits per heavy atom. The number of imidazole rings is 1. The first-order chi connectivity index (χ1) is 16.8. The van der Waals surface area contributed by atoms with E-state index in [1.165, 1.54) is 7.05 Å². The van der Waals surface area contributed by atoms with E-state index in [4.69, 9.17) is 10.5 Å². The molecule has 0 aliphatic heterocycles. The highest BCUT2D eigenvalue weighted by atomic mass is 16.5. The molecule has 180 valence electrons. The third kappa shape index (κ3) is 5.29. The first-order valence-corrected chi connectivity index (χ1v) is 10.9. The van der Waals surface area contributed by atoms with E-state index in [9.17, 15) is 19.2 Å². The Labute approximate surface area is 199 Å². The predicted molar refractivity (Wildman–Crippen MR) is 130 cm³/mol. The molecule has 0 atom stereocenters. The molecule has 0 spiro atoms. The third-order valence-electron chi connectivity index (χ3n) is 5.47. The lowest BCUT2D eigenvalue weighted by Crippen LogP contribution is -2.40. The van der Waals surface area contributed by atoms with Crippen molar-refractivity contribution in [3.05, 3.63) is 86.8 Å². The summed E-state index contributed by atoms with van der Waals surface area (Å²) in [4.78, 5) is 60.2. The van der Waals surface area contributed by atoms with Gasteiger partial charge in [-0.1, -0.05) is 42.5 Å². The largest absolute Gasteiger partial charge is 0.456 e. The van der Waals surface area contributed by atoms with E-state index in [1.54, 1.807) is 24.3 Å². The number of amides is 1. The number of carbonyl (C=O) groups excluding carboxylic acids is 2. The molecule has 0 bridgehead atoms. The van der Waals surface area contributed by atoms with Crippen LogP contribution in [0.4, 0.5) is 11.5 Å². The predicted octanol–water partition coefficient (Wildman–Crippen LogP) is 1.18. The van der Waals surface area contributed by atoms with Gasteiger partial charge in [0.2, 0.25) is 0 Å². The number of nitrogen functional groups attached to an aromatic ring is 1. The maximum Gasteiger partial charge on any atom is 0.330 e. The first kappa shape index (κ1) is 23.5. The number of aromatic nitrogens is 4. The molecule has 0 saturated heterocycles. The SMILES string of the molecule is CN(C(=O)COC(=O)CCc1nc2ccccc2[nH]1)c1c(N)n(Cc2ccccc2)c(=O)[nH]c1=O. The smallest absolute Gasteiger partial charge is 0.330 e. The molecule has 11 nitrogen and oxygen atoms in total. The summed E-state index contributed by atoms with van der Waals surface area (Å²) in [5, 5.41) is 0. The molecule has 4 N–H and O–H groups in total. The topological polar surface area (TPSA) is 156 Å². The molecule has 4 rings (SSSR count). The average Bonchev–Trinajstić information content (AvgIpc) is 3.27. The number of carbonyl (C=O) groups is 2. The third-order valence-corrected chi connectivity index (χ3v) is 5.47. The number of likely N-dealkylation sites (N-methyl/N-ethyl adjacent to an activating group) is 1. The van der Waals surface area contributed by atoms with Crippen molar-refractivity contribution >= 4 is 34.4 Å². The fourth-order valence-electron chi connectivity index (χ4n) is 3.60. The number of benzene rings is 2. The van der Waals surface area contributed by atoms with Gasteiger partial charge in [-0.25, -0.2) is 9.78 Å². The number of para-hydroxylation sites is 2. The Bertz CT molecular complexity index is 1450. The summed E-state index contributed by atoms with van der Waals surface area (Å²) in [6, 6.07) is 16.5. The molecule has 2 aromatic carbocycles. The van der Waals surface area contributed by atoms with Crippen LogP contribution in [-0.2, 0) is 27.3 Å². The Hall–Kier alpha value is -4.67. The number of nitrogens with two attached hydrogens (primary N) is 1. The minimum atomic E-state index is -0.816. The normalized spacial score (nSPS) is 10.9. The lowest BCUT2D eigenvalue weighted by atomic mass is 10.2. The number of hydrogen-bond acceptors (Lipinski definition) is 7. The summed E-state index contributed by atoms with van der Waals surface area (Å²) in [5.41, 5.74) is 6.83. The molecule has 11 heteroatoms. The number of ether oxygens (including phenoxy) is 1. The summed E-state index contributed by atoms with van der Waals surface area (Å²) in [6.07, 6.45) is 0.329. The Morgan fingerprint density at radius 1 is 1.06 bits per heavy atom. The van der Waals surface area contributed by atoms with Crippen molar-refractivity contribution in [2.24, 2.45) is 0 Å². The van der Waals surface area contributed by atoms with Crippen LogP contribution in [0.15, 0.2) is 64.2 Å². The Morgan fingerprint density at radius 3 is 2.51 bits per heavy atom. The maximum absolute atomic E-state index is 12.6. The van der Waals surface area contributed by atoms with Gasteiger partial charge in [-0.2, -0.15) is 0 Å². The molecule has 2 aromatic heterocycles. The van der Waals surface area contributed by atoms with E-state index < -0.39 is 29.7 Å². The summed E-state index contributed by atoms with van der Waals surface area (Å²) < 4.78 is 6.24. The molecule has 35 heavy (non-hydrogen) atoms. The average molecular weight is 476 g/mol. The lowest BCUT2D eigenvalue weighted by molar-refractivity contribution is -0.147. The highest BCUT2D eigenvalue weighted by Crippen LogP contribution is 2.17. The van der Waals surface area contributed by atoms with Gasteiger partial charge in [0, 0.05) is 13.5 Å². The van der Waals surface area contributed by atoms with Crippen LogP contribution in [0.5, 0.6) is 0 Å².